The van der Waals surface area contributed by atoms with Crippen molar-refractivity contribution in [3.8, 4) is 5.75 Å². The Morgan fingerprint density at radius 2 is 2.15 bits per heavy atom. The van der Waals surface area contributed by atoms with Crippen LogP contribution in [0.1, 0.15) is 48.5 Å². The second kappa shape index (κ2) is 7.37. The van der Waals surface area contributed by atoms with Crippen molar-refractivity contribution >= 4 is 10.9 Å². The van der Waals surface area contributed by atoms with Crippen LogP contribution in [0.2, 0.25) is 0 Å². The molecule has 0 fully saturated rings. The Bertz CT molecular complexity index is 943. The summed E-state index contributed by atoms with van der Waals surface area (Å²) < 4.78 is 7.44. The number of methoxy groups -OCH3 is 1. The number of aliphatic hydroxyl groups is 1. The van der Waals surface area contributed by atoms with Crippen molar-refractivity contribution in [2.24, 2.45) is 0 Å². The van der Waals surface area contributed by atoms with Crippen LogP contribution in [0.15, 0.2) is 24.3 Å². The molecule has 6 nitrogen and oxygen atoms in total. The number of hydrogen-bond donors (Lipinski definition) is 2. The number of benzene rings is 1. The highest BCUT2D eigenvalue weighted by Crippen LogP contribution is 2.28. The van der Waals surface area contributed by atoms with Crippen molar-refractivity contribution in [3.05, 3.63) is 46.9 Å². The van der Waals surface area contributed by atoms with Crippen LogP contribution >= 0.6 is 0 Å². The molecule has 0 unspecified atom stereocenters. The van der Waals surface area contributed by atoms with Crippen LogP contribution in [0, 0.1) is 6.92 Å². The number of nitrogens with one attached hydrogen (secondary N) is 1. The van der Waals surface area contributed by atoms with Crippen molar-refractivity contribution in [2.75, 3.05) is 13.7 Å². The van der Waals surface area contributed by atoms with E-state index in [1.165, 1.54) is 22.3 Å². The Morgan fingerprint density at radius 1 is 1.30 bits per heavy atom. The third kappa shape index (κ3) is 3.47. The molecule has 0 amide bonds. The van der Waals surface area contributed by atoms with Gasteiger partial charge in [-0.2, -0.15) is 5.10 Å². The van der Waals surface area contributed by atoms with Crippen LogP contribution in [-0.4, -0.2) is 38.4 Å². The molecule has 1 aromatic carbocycles. The van der Waals surface area contributed by atoms with E-state index in [0.717, 1.165) is 49.6 Å². The van der Waals surface area contributed by atoms with Crippen molar-refractivity contribution in [2.45, 2.75) is 52.4 Å². The lowest BCUT2D eigenvalue weighted by Crippen LogP contribution is -2.23. The van der Waals surface area contributed by atoms with Gasteiger partial charge in [-0.3, -0.25) is 9.58 Å². The lowest BCUT2D eigenvalue weighted by atomic mass is 10.1. The molecular weight excluding hydrogens is 340 g/mol. The predicted molar refractivity (Wildman–Crippen MR) is 106 cm³/mol. The molecule has 3 aromatic rings. The summed E-state index contributed by atoms with van der Waals surface area (Å²) in [6.07, 6.45) is 1.28. The minimum absolute atomic E-state index is 0.469. The monoisotopic (exact) mass is 368 g/mol. The average molecular weight is 368 g/mol. The van der Waals surface area contributed by atoms with Gasteiger partial charge in [0.25, 0.3) is 0 Å². The Hall–Kier alpha value is -2.31. The average Bonchev–Trinajstić information content (AvgIpc) is 3.15. The SMILES string of the molecule is CC[C@H](O)c1cc2n(n1)CCCN(Cc1[nH]c3ccc(OC)cc3c1C)C2. The zero-order chi connectivity index (χ0) is 19.0. The van der Waals surface area contributed by atoms with E-state index in [1.54, 1.807) is 7.11 Å². The first-order chi connectivity index (χ1) is 13.1. The van der Waals surface area contributed by atoms with Gasteiger partial charge in [0.1, 0.15) is 5.75 Å². The molecule has 0 spiro atoms. The molecule has 144 valence electrons. The van der Waals surface area contributed by atoms with Crippen LogP contribution in [0.5, 0.6) is 5.75 Å². The first-order valence-electron chi connectivity index (χ1n) is 9.71. The molecule has 1 atom stereocenters. The predicted octanol–water partition coefficient (Wildman–Crippen LogP) is 3.53. The first-order valence-corrected chi connectivity index (χ1v) is 9.71. The fraction of sp³-hybridized carbons (Fsp3) is 0.476. The molecule has 2 aromatic heterocycles. The molecule has 0 bridgehead atoms. The molecule has 0 saturated heterocycles. The number of hydrogen-bond acceptors (Lipinski definition) is 4. The maximum Gasteiger partial charge on any atom is 0.119 e. The maximum absolute atomic E-state index is 10.1. The number of aliphatic hydroxyl groups excluding tert-OH is 1. The quantitative estimate of drug-likeness (QED) is 0.723. The third-order valence-electron chi connectivity index (χ3n) is 5.59. The van der Waals surface area contributed by atoms with Gasteiger partial charge in [0, 0.05) is 42.8 Å². The minimum atomic E-state index is -0.469. The highest BCUT2D eigenvalue weighted by Gasteiger charge is 2.20. The van der Waals surface area contributed by atoms with Crippen molar-refractivity contribution < 1.29 is 9.84 Å². The summed E-state index contributed by atoms with van der Waals surface area (Å²) in [5.74, 6) is 0.886. The van der Waals surface area contributed by atoms with E-state index in [1.807, 2.05) is 13.0 Å². The van der Waals surface area contributed by atoms with Crippen LogP contribution < -0.4 is 4.74 Å². The van der Waals surface area contributed by atoms with Crippen molar-refractivity contribution in [1.29, 1.82) is 0 Å². The van der Waals surface area contributed by atoms with Gasteiger partial charge in [-0.1, -0.05) is 6.92 Å². The van der Waals surface area contributed by atoms with Gasteiger partial charge in [-0.25, -0.2) is 0 Å². The van der Waals surface area contributed by atoms with Crippen LogP contribution in [0.25, 0.3) is 10.9 Å². The second-order valence-corrected chi connectivity index (χ2v) is 7.41. The van der Waals surface area contributed by atoms with E-state index in [9.17, 15) is 5.11 Å². The summed E-state index contributed by atoms with van der Waals surface area (Å²) >= 11 is 0. The molecule has 0 aliphatic carbocycles. The molecule has 27 heavy (non-hydrogen) atoms. The summed E-state index contributed by atoms with van der Waals surface area (Å²) in [6.45, 7) is 7.82. The molecule has 6 heteroatoms. The number of aromatic amines is 1. The number of H-pyrrole nitrogens is 1. The Morgan fingerprint density at radius 3 is 2.93 bits per heavy atom. The number of fused-ring (bicyclic) bond motifs is 2. The van der Waals surface area contributed by atoms with Gasteiger partial charge in [0.05, 0.1) is 24.6 Å². The number of rotatable bonds is 5. The highest BCUT2D eigenvalue weighted by molar-refractivity contribution is 5.85. The smallest absolute Gasteiger partial charge is 0.119 e. The number of ether oxygens (including phenoxy) is 1. The van der Waals surface area contributed by atoms with E-state index in [4.69, 9.17) is 4.74 Å². The Kier molecular flexibility index (Phi) is 4.93. The molecule has 1 aliphatic heterocycles. The lowest BCUT2D eigenvalue weighted by Gasteiger charge is -2.19. The van der Waals surface area contributed by atoms with Gasteiger partial charge < -0.3 is 14.8 Å². The molecule has 3 heterocycles. The van der Waals surface area contributed by atoms with Crippen molar-refractivity contribution in [1.82, 2.24) is 19.7 Å². The topological polar surface area (TPSA) is 66.3 Å². The van der Waals surface area contributed by atoms with Crippen LogP contribution in [0.3, 0.4) is 0 Å². The fourth-order valence-corrected chi connectivity index (χ4v) is 3.93. The summed E-state index contributed by atoms with van der Waals surface area (Å²) in [5.41, 5.74) is 5.66. The summed E-state index contributed by atoms with van der Waals surface area (Å²) in [7, 11) is 1.70. The fourth-order valence-electron chi connectivity index (χ4n) is 3.93. The molecule has 0 radical (unpaired) electrons. The largest absolute Gasteiger partial charge is 0.497 e. The van der Waals surface area contributed by atoms with Gasteiger partial charge in [-0.05, 0) is 49.6 Å². The standard InChI is InChI=1S/C21H28N4O2/c1-4-21(26)19-10-15-12-24(8-5-9-25(15)23-19)13-20-14(2)17-11-16(27-3)6-7-18(17)22-20/h6-7,10-11,21-22,26H,4-5,8-9,12-13H2,1-3H3/t21-/m0/s1. The highest BCUT2D eigenvalue weighted by atomic mass is 16.5. The first kappa shape index (κ1) is 18.1. The van der Waals surface area contributed by atoms with E-state index in [0.29, 0.717) is 6.42 Å². The van der Waals surface area contributed by atoms with Gasteiger partial charge in [-0.15, -0.1) is 0 Å². The summed E-state index contributed by atoms with van der Waals surface area (Å²) in [6, 6.07) is 8.24. The summed E-state index contributed by atoms with van der Waals surface area (Å²) in [5, 5.41) is 15.9. The molecule has 0 saturated carbocycles. The Labute approximate surface area is 159 Å². The van der Waals surface area contributed by atoms with Crippen molar-refractivity contribution in [3.63, 3.8) is 0 Å². The maximum atomic E-state index is 10.1. The van der Waals surface area contributed by atoms with Crippen LogP contribution in [0.4, 0.5) is 0 Å². The molecule has 1 aliphatic rings. The van der Waals surface area contributed by atoms with E-state index >= 15 is 0 Å². The van der Waals surface area contributed by atoms with E-state index in [-0.39, 0.29) is 0 Å². The number of aromatic nitrogens is 3. The summed E-state index contributed by atoms with van der Waals surface area (Å²) in [4.78, 5) is 6.04. The second-order valence-electron chi connectivity index (χ2n) is 7.41. The minimum Gasteiger partial charge on any atom is -0.497 e. The van der Waals surface area contributed by atoms with E-state index in [2.05, 4.69) is 44.8 Å². The normalized spacial score (nSPS) is 16.3. The molecule has 2 N–H and O–H groups in total. The van der Waals surface area contributed by atoms with Gasteiger partial charge in [0.2, 0.25) is 0 Å². The van der Waals surface area contributed by atoms with E-state index < -0.39 is 6.10 Å². The van der Waals surface area contributed by atoms with Crippen LogP contribution in [-0.2, 0) is 19.6 Å². The molecular formula is C21H28N4O2. The van der Waals surface area contributed by atoms with Gasteiger partial charge in [0.15, 0.2) is 0 Å². The van der Waals surface area contributed by atoms with Gasteiger partial charge >= 0.3 is 0 Å². The zero-order valence-electron chi connectivity index (χ0n) is 16.3. The Balaban J connectivity index is 1.57. The number of aryl methyl sites for hydroxylation is 2. The lowest BCUT2D eigenvalue weighted by molar-refractivity contribution is 0.167. The third-order valence-corrected chi connectivity index (χ3v) is 5.59. The number of nitrogens with zero attached hydrogens (tertiary/aromatic N) is 3. The molecule has 4 rings (SSSR count). The zero-order valence-corrected chi connectivity index (χ0v) is 16.3.